The topological polar surface area (TPSA) is 50.2 Å². The number of nitrogens with zero attached hydrogens (tertiary/aromatic N) is 1. The molecule has 0 bridgehead atoms. The largest absolute Gasteiger partial charge is 0.481 e. The van der Waals surface area contributed by atoms with E-state index in [1.165, 1.54) is 0 Å². The lowest BCUT2D eigenvalue weighted by molar-refractivity contribution is -0.143. The molecule has 3 nitrogen and oxygen atoms in total. The van der Waals surface area contributed by atoms with Crippen molar-refractivity contribution in [3.8, 4) is 0 Å². The van der Waals surface area contributed by atoms with Crippen LogP contribution in [0.1, 0.15) is 43.9 Å². The molecular weight excluding hydrogens is 354 g/mol. The van der Waals surface area contributed by atoms with Crippen molar-refractivity contribution in [1.82, 2.24) is 4.98 Å². The van der Waals surface area contributed by atoms with Gasteiger partial charge in [0, 0.05) is 5.69 Å². The summed E-state index contributed by atoms with van der Waals surface area (Å²) in [5.74, 6) is -0.752. The Morgan fingerprint density at radius 1 is 1.09 bits per heavy atom. The highest BCUT2D eigenvalue weighted by molar-refractivity contribution is 9.10. The number of aryl methyl sites for hydroxylation is 1. The molecule has 0 saturated carbocycles. The Morgan fingerprint density at radius 2 is 1.83 bits per heavy atom. The summed E-state index contributed by atoms with van der Waals surface area (Å²) in [6.45, 7) is 1.82. The van der Waals surface area contributed by atoms with E-state index in [4.69, 9.17) is 0 Å². The van der Waals surface area contributed by atoms with Crippen LogP contribution in [0.2, 0.25) is 0 Å². The maximum Gasteiger partial charge on any atom is 0.313 e. The molecule has 1 atom stereocenters. The molecule has 122 valence electrons. The fourth-order valence-electron chi connectivity index (χ4n) is 2.73. The maximum absolute atomic E-state index is 11.7. The summed E-state index contributed by atoms with van der Waals surface area (Å²) in [7, 11) is 0. The van der Waals surface area contributed by atoms with Gasteiger partial charge in [0.1, 0.15) is 4.60 Å². The first kappa shape index (κ1) is 17.7. The zero-order valence-electron chi connectivity index (χ0n) is 13.3. The van der Waals surface area contributed by atoms with Crippen molar-refractivity contribution < 1.29 is 9.90 Å². The number of hydrogen-bond acceptors (Lipinski definition) is 2. The van der Waals surface area contributed by atoms with E-state index >= 15 is 0 Å². The molecule has 2 aromatic rings. The maximum atomic E-state index is 11.7. The molecule has 0 aliphatic rings. The van der Waals surface area contributed by atoms with Crippen molar-refractivity contribution in [2.24, 2.45) is 0 Å². The number of rotatable bonds is 8. The minimum atomic E-state index is -0.810. The highest BCUT2D eigenvalue weighted by Gasteiger charge is 2.34. The SMILES string of the molecule is CC(CCCCCc1cccc(Br)n1)(C(=O)O)c1ccccc1. The second kappa shape index (κ2) is 8.25. The zero-order chi connectivity index (χ0) is 16.7. The van der Waals surface area contributed by atoms with E-state index in [0.717, 1.165) is 41.5 Å². The van der Waals surface area contributed by atoms with Gasteiger partial charge in [0.2, 0.25) is 0 Å². The van der Waals surface area contributed by atoms with Crippen LogP contribution >= 0.6 is 15.9 Å². The highest BCUT2D eigenvalue weighted by atomic mass is 79.9. The van der Waals surface area contributed by atoms with E-state index in [-0.39, 0.29) is 0 Å². The molecule has 0 aliphatic carbocycles. The molecule has 1 aromatic carbocycles. The number of carbonyl (C=O) groups is 1. The van der Waals surface area contributed by atoms with Gasteiger partial charge in [-0.15, -0.1) is 0 Å². The van der Waals surface area contributed by atoms with Gasteiger partial charge < -0.3 is 5.11 Å². The Labute approximate surface area is 145 Å². The lowest BCUT2D eigenvalue weighted by atomic mass is 9.78. The number of pyridine rings is 1. The van der Waals surface area contributed by atoms with Crippen LogP contribution in [0.5, 0.6) is 0 Å². The summed E-state index contributed by atoms with van der Waals surface area (Å²) in [6.07, 6.45) is 4.50. The molecule has 0 fully saturated rings. The highest BCUT2D eigenvalue weighted by Crippen LogP contribution is 2.30. The van der Waals surface area contributed by atoms with Crippen molar-refractivity contribution in [3.05, 3.63) is 64.4 Å². The lowest BCUT2D eigenvalue weighted by Gasteiger charge is -2.25. The van der Waals surface area contributed by atoms with Crippen LogP contribution in [-0.2, 0) is 16.6 Å². The minimum Gasteiger partial charge on any atom is -0.481 e. The molecule has 1 aromatic heterocycles. The third-order valence-corrected chi connectivity index (χ3v) is 4.71. The van der Waals surface area contributed by atoms with E-state index in [1.807, 2.05) is 55.5 Å². The smallest absolute Gasteiger partial charge is 0.313 e. The Kier molecular flexibility index (Phi) is 6.34. The average Bonchev–Trinajstić information content (AvgIpc) is 2.55. The zero-order valence-corrected chi connectivity index (χ0v) is 14.9. The summed E-state index contributed by atoms with van der Waals surface area (Å²) < 4.78 is 0.859. The lowest BCUT2D eigenvalue weighted by Crippen LogP contribution is -2.32. The van der Waals surface area contributed by atoms with E-state index in [9.17, 15) is 9.90 Å². The van der Waals surface area contributed by atoms with Crippen LogP contribution in [0.3, 0.4) is 0 Å². The predicted octanol–water partition coefficient (Wildman–Crippen LogP) is 4.99. The fourth-order valence-corrected chi connectivity index (χ4v) is 3.11. The summed E-state index contributed by atoms with van der Waals surface area (Å²) in [5.41, 5.74) is 1.14. The standard InChI is InChI=1S/C19H22BrNO2/c1-19(18(22)23,15-9-4-2-5-10-15)14-7-3-6-11-16-12-8-13-17(20)21-16/h2,4-5,8-10,12-13H,3,6-7,11,14H2,1H3,(H,22,23). The molecular formula is C19H22BrNO2. The molecule has 2 rings (SSSR count). The molecule has 23 heavy (non-hydrogen) atoms. The number of unbranched alkanes of at least 4 members (excludes halogenated alkanes) is 2. The van der Waals surface area contributed by atoms with Gasteiger partial charge in [0.15, 0.2) is 0 Å². The Balaban J connectivity index is 1.85. The molecule has 0 saturated heterocycles. The van der Waals surface area contributed by atoms with Gasteiger partial charge >= 0.3 is 5.97 Å². The molecule has 1 heterocycles. The van der Waals surface area contributed by atoms with Crippen molar-refractivity contribution in [1.29, 1.82) is 0 Å². The number of hydrogen-bond donors (Lipinski definition) is 1. The number of halogens is 1. The van der Waals surface area contributed by atoms with Crippen LogP contribution in [0.15, 0.2) is 53.1 Å². The normalized spacial score (nSPS) is 13.5. The van der Waals surface area contributed by atoms with Crippen LogP contribution in [-0.4, -0.2) is 16.1 Å². The first-order chi connectivity index (χ1) is 11.0. The van der Waals surface area contributed by atoms with Gasteiger partial charge in [0.25, 0.3) is 0 Å². The summed E-state index contributed by atoms with van der Waals surface area (Å²) in [6, 6.07) is 15.4. The van der Waals surface area contributed by atoms with Crippen LogP contribution < -0.4 is 0 Å². The summed E-state index contributed by atoms with van der Waals surface area (Å²) in [4.78, 5) is 16.1. The number of carboxylic acids is 1. The fraction of sp³-hybridized carbons (Fsp3) is 0.368. The van der Waals surface area contributed by atoms with Gasteiger partial charge in [-0.2, -0.15) is 0 Å². The van der Waals surface area contributed by atoms with Gasteiger partial charge in [0.05, 0.1) is 5.41 Å². The van der Waals surface area contributed by atoms with Crippen molar-refractivity contribution in [3.63, 3.8) is 0 Å². The second-order valence-electron chi connectivity index (χ2n) is 6.02. The Bertz CT molecular complexity index is 645. The quantitative estimate of drug-likeness (QED) is 0.522. The molecule has 4 heteroatoms. The van der Waals surface area contributed by atoms with Crippen molar-refractivity contribution in [2.45, 2.75) is 44.4 Å². The molecule has 1 unspecified atom stereocenters. The number of benzene rings is 1. The summed E-state index contributed by atoms with van der Waals surface area (Å²) >= 11 is 3.38. The molecule has 0 amide bonds. The first-order valence-corrected chi connectivity index (χ1v) is 8.72. The minimum absolute atomic E-state index is 0.651. The van der Waals surface area contributed by atoms with Crippen LogP contribution in [0.25, 0.3) is 0 Å². The van der Waals surface area contributed by atoms with Crippen molar-refractivity contribution in [2.75, 3.05) is 0 Å². The van der Waals surface area contributed by atoms with E-state index in [0.29, 0.717) is 6.42 Å². The van der Waals surface area contributed by atoms with E-state index < -0.39 is 11.4 Å². The van der Waals surface area contributed by atoms with E-state index in [1.54, 1.807) is 0 Å². The van der Waals surface area contributed by atoms with Crippen molar-refractivity contribution >= 4 is 21.9 Å². The molecule has 0 spiro atoms. The van der Waals surface area contributed by atoms with Gasteiger partial charge in [-0.05, 0) is 59.8 Å². The Morgan fingerprint density at radius 3 is 2.48 bits per heavy atom. The second-order valence-corrected chi connectivity index (χ2v) is 6.83. The molecule has 1 N–H and O–H groups in total. The number of aromatic nitrogens is 1. The van der Waals surface area contributed by atoms with Gasteiger partial charge in [-0.1, -0.05) is 49.2 Å². The third kappa shape index (κ3) is 4.90. The van der Waals surface area contributed by atoms with E-state index in [2.05, 4.69) is 20.9 Å². The Hall–Kier alpha value is -1.68. The molecule has 0 aliphatic heterocycles. The monoisotopic (exact) mass is 375 g/mol. The van der Waals surface area contributed by atoms with Crippen LogP contribution in [0, 0.1) is 0 Å². The third-order valence-electron chi connectivity index (χ3n) is 4.27. The van der Waals surface area contributed by atoms with Crippen LogP contribution in [0.4, 0.5) is 0 Å². The number of aliphatic carboxylic acids is 1. The molecule has 0 radical (unpaired) electrons. The predicted molar refractivity (Wildman–Crippen MR) is 95.5 cm³/mol. The average molecular weight is 376 g/mol. The number of carboxylic acid groups (broad SMARTS) is 1. The first-order valence-electron chi connectivity index (χ1n) is 7.93. The van der Waals surface area contributed by atoms with Gasteiger partial charge in [-0.3, -0.25) is 4.79 Å². The summed E-state index contributed by atoms with van der Waals surface area (Å²) in [5, 5.41) is 9.64. The van der Waals surface area contributed by atoms with Gasteiger partial charge in [-0.25, -0.2) is 4.98 Å².